The molecule has 54 heavy (non-hydrogen) atoms. The van der Waals surface area contributed by atoms with Gasteiger partial charge < -0.3 is 56.8 Å². The van der Waals surface area contributed by atoms with Crippen molar-refractivity contribution < 1.29 is 61.6 Å². The lowest BCUT2D eigenvalue weighted by atomic mass is 10.0. The molecule has 0 aromatic carbocycles. The molecule has 0 atom stereocenters. The zero-order valence-electron chi connectivity index (χ0n) is 34.7. The number of carbonyl (C=O) groups excluding carboxylic acids is 1. The van der Waals surface area contributed by atoms with E-state index in [9.17, 15) is 4.79 Å². The van der Waals surface area contributed by atoms with Crippen LogP contribution in [0.4, 0.5) is 0 Å². The Morgan fingerprint density at radius 3 is 0.778 bits per heavy atom. The third-order valence-electron chi connectivity index (χ3n) is 8.26. The van der Waals surface area contributed by atoms with Gasteiger partial charge in [-0.15, -0.1) is 0 Å². The highest BCUT2D eigenvalue weighted by atomic mass is 16.6. The lowest BCUT2D eigenvalue weighted by Crippen LogP contribution is -2.15. The van der Waals surface area contributed by atoms with Gasteiger partial charge in [0.25, 0.3) is 0 Å². The second kappa shape index (κ2) is 50.0. The molecular weight excluding hydrogens is 700 g/mol. The first-order valence-electron chi connectivity index (χ1n) is 21.2. The maximum Gasteiger partial charge on any atom is 0.305 e. The largest absolute Gasteiger partial charge is 0.463 e. The molecule has 0 N–H and O–H groups in total. The molecule has 0 unspecified atom stereocenters. The molecule has 324 valence electrons. The summed E-state index contributed by atoms with van der Waals surface area (Å²) in [6.07, 6.45) is 20.2. The molecule has 0 aliphatic carbocycles. The molecule has 13 heteroatoms. The van der Waals surface area contributed by atoms with Crippen molar-refractivity contribution in [3.05, 3.63) is 0 Å². The SMILES string of the molecule is CCCCCCCCCCCCCCCCCC(=O)OCCOCCOCCOCCOCCOCCOCCOCCOCCOCCOCCOC. The van der Waals surface area contributed by atoms with Gasteiger partial charge in [-0.3, -0.25) is 4.79 Å². The third-order valence-corrected chi connectivity index (χ3v) is 8.26. The molecule has 13 nitrogen and oxygen atoms in total. The van der Waals surface area contributed by atoms with Gasteiger partial charge in [-0.05, 0) is 6.42 Å². The van der Waals surface area contributed by atoms with Crippen molar-refractivity contribution in [3.8, 4) is 0 Å². The maximum atomic E-state index is 11.9. The average molecular weight is 783 g/mol. The summed E-state index contributed by atoms with van der Waals surface area (Å²) in [6.45, 7) is 13.3. The van der Waals surface area contributed by atoms with Crippen LogP contribution in [0.2, 0.25) is 0 Å². The van der Waals surface area contributed by atoms with Crippen LogP contribution in [0.25, 0.3) is 0 Å². The van der Waals surface area contributed by atoms with Gasteiger partial charge in [0.05, 0.1) is 139 Å². The molecule has 0 aliphatic rings. The zero-order valence-corrected chi connectivity index (χ0v) is 34.7. The van der Waals surface area contributed by atoms with Gasteiger partial charge >= 0.3 is 5.97 Å². The fraction of sp³-hybridized carbons (Fsp3) is 0.976. The van der Waals surface area contributed by atoms with Crippen molar-refractivity contribution in [1.82, 2.24) is 0 Å². The summed E-state index contributed by atoms with van der Waals surface area (Å²) < 4.78 is 64.7. The number of methoxy groups -OCH3 is 1. The Morgan fingerprint density at radius 2 is 0.519 bits per heavy atom. The van der Waals surface area contributed by atoms with Crippen LogP contribution in [0.15, 0.2) is 0 Å². The van der Waals surface area contributed by atoms with E-state index in [2.05, 4.69) is 6.92 Å². The molecule has 0 aromatic rings. The summed E-state index contributed by atoms with van der Waals surface area (Å²) in [4.78, 5) is 11.9. The second-order valence-electron chi connectivity index (χ2n) is 13.0. The Kier molecular flexibility index (Phi) is 49.2. The van der Waals surface area contributed by atoms with Crippen molar-refractivity contribution in [3.63, 3.8) is 0 Å². The molecular formula is C41H82O13. The van der Waals surface area contributed by atoms with E-state index in [0.29, 0.717) is 145 Å². The minimum Gasteiger partial charge on any atom is -0.463 e. The van der Waals surface area contributed by atoms with Gasteiger partial charge in [0.2, 0.25) is 0 Å². The first-order valence-corrected chi connectivity index (χ1v) is 21.2. The van der Waals surface area contributed by atoms with Crippen molar-refractivity contribution in [2.24, 2.45) is 0 Å². The predicted octanol–water partition coefficient (Wildman–Crippen LogP) is 6.60. The molecule has 0 rings (SSSR count). The van der Waals surface area contributed by atoms with E-state index in [1.807, 2.05) is 0 Å². The number of unbranched alkanes of at least 4 members (excludes halogenated alkanes) is 14. The average Bonchev–Trinajstić information content (AvgIpc) is 3.18. The van der Waals surface area contributed by atoms with Gasteiger partial charge in [-0.25, -0.2) is 0 Å². The Labute approximate surface area is 329 Å². The van der Waals surface area contributed by atoms with E-state index in [4.69, 9.17) is 56.8 Å². The van der Waals surface area contributed by atoms with Crippen molar-refractivity contribution in [2.75, 3.05) is 152 Å². The molecule has 0 radical (unpaired) electrons. The van der Waals surface area contributed by atoms with Gasteiger partial charge in [0, 0.05) is 13.5 Å². The maximum absolute atomic E-state index is 11.9. The Bertz CT molecular complexity index is 689. The standard InChI is InChI=1S/C41H82O13/c1-3-4-5-6-7-8-9-10-11-12-13-14-15-16-17-18-41(42)54-40-39-53-38-37-52-36-35-51-34-33-50-32-31-49-30-29-48-28-27-47-26-25-46-24-23-45-22-21-44-20-19-43-2/h3-40H2,1-2H3. The second-order valence-corrected chi connectivity index (χ2v) is 13.0. The van der Waals surface area contributed by atoms with Gasteiger partial charge in [0.15, 0.2) is 0 Å². The predicted molar refractivity (Wildman–Crippen MR) is 211 cm³/mol. The van der Waals surface area contributed by atoms with Crippen LogP contribution < -0.4 is 0 Å². The van der Waals surface area contributed by atoms with E-state index in [1.165, 1.54) is 83.5 Å². The number of hydrogen-bond donors (Lipinski definition) is 0. The minimum absolute atomic E-state index is 0.130. The van der Waals surface area contributed by atoms with Crippen LogP contribution in [0.3, 0.4) is 0 Å². The number of hydrogen-bond acceptors (Lipinski definition) is 13. The molecule has 0 aliphatic heterocycles. The summed E-state index contributed by atoms with van der Waals surface area (Å²) in [5.74, 6) is -0.130. The molecule has 0 spiro atoms. The van der Waals surface area contributed by atoms with E-state index >= 15 is 0 Å². The number of esters is 1. The smallest absolute Gasteiger partial charge is 0.305 e. The van der Waals surface area contributed by atoms with Crippen molar-refractivity contribution >= 4 is 5.97 Å². The first-order chi connectivity index (χ1) is 26.8. The fourth-order valence-corrected chi connectivity index (χ4v) is 5.15. The Hall–Kier alpha value is -0.970. The van der Waals surface area contributed by atoms with E-state index in [0.717, 1.165) is 12.8 Å². The summed E-state index contributed by atoms with van der Waals surface area (Å²) in [5, 5.41) is 0. The summed E-state index contributed by atoms with van der Waals surface area (Å²) in [7, 11) is 1.65. The normalized spacial score (nSPS) is 11.5. The molecule has 0 saturated heterocycles. The third kappa shape index (κ3) is 49.0. The highest BCUT2D eigenvalue weighted by Gasteiger charge is 2.03. The van der Waals surface area contributed by atoms with Crippen LogP contribution in [-0.4, -0.2) is 158 Å². The zero-order chi connectivity index (χ0) is 38.9. The highest BCUT2D eigenvalue weighted by Crippen LogP contribution is 2.13. The molecule has 0 amide bonds. The lowest BCUT2D eigenvalue weighted by molar-refractivity contribution is -0.145. The summed E-state index contributed by atoms with van der Waals surface area (Å²) in [6, 6.07) is 0. The molecule has 0 saturated carbocycles. The fourth-order valence-electron chi connectivity index (χ4n) is 5.15. The van der Waals surface area contributed by atoms with Crippen molar-refractivity contribution in [1.29, 1.82) is 0 Å². The molecule has 0 fully saturated rings. The number of carbonyl (C=O) groups is 1. The number of ether oxygens (including phenoxy) is 12. The summed E-state index contributed by atoms with van der Waals surface area (Å²) in [5.41, 5.74) is 0. The van der Waals surface area contributed by atoms with Gasteiger partial charge in [-0.1, -0.05) is 96.8 Å². The van der Waals surface area contributed by atoms with E-state index in [-0.39, 0.29) is 12.6 Å². The number of rotatable bonds is 49. The summed E-state index contributed by atoms with van der Waals surface area (Å²) >= 11 is 0. The van der Waals surface area contributed by atoms with Crippen LogP contribution in [0.1, 0.15) is 110 Å². The van der Waals surface area contributed by atoms with Crippen molar-refractivity contribution in [2.45, 2.75) is 110 Å². The van der Waals surface area contributed by atoms with Gasteiger partial charge in [0.1, 0.15) is 6.61 Å². The van der Waals surface area contributed by atoms with Crippen LogP contribution in [0, 0.1) is 0 Å². The first kappa shape index (κ1) is 53.0. The van der Waals surface area contributed by atoms with Crippen LogP contribution in [-0.2, 0) is 61.6 Å². The molecule has 0 heterocycles. The lowest BCUT2D eigenvalue weighted by Gasteiger charge is -2.09. The Balaban J connectivity index is 3.12. The topological polar surface area (TPSA) is 128 Å². The van der Waals surface area contributed by atoms with E-state index in [1.54, 1.807) is 7.11 Å². The minimum atomic E-state index is -0.130. The quantitative estimate of drug-likeness (QED) is 0.0486. The van der Waals surface area contributed by atoms with E-state index < -0.39 is 0 Å². The van der Waals surface area contributed by atoms with Crippen LogP contribution >= 0.6 is 0 Å². The highest BCUT2D eigenvalue weighted by molar-refractivity contribution is 5.69. The Morgan fingerprint density at radius 1 is 0.296 bits per heavy atom. The molecule has 0 bridgehead atoms. The molecule has 0 aromatic heterocycles. The van der Waals surface area contributed by atoms with Gasteiger partial charge in [-0.2, -0.15) is 0 Å². The monoisotopic (exact) mass is 783 g/mol. The van der Waals surface area contributed by atoms with Crippen LogP contribution in [0.5, 0.6) is 0 Å².